The van der Waals surface area contributed by atoms with Gasteiger partial charge in [-0.1, -0.05) is 20.3 Å². The molecule has 132 valence electrons. The Morgan fingerprint density at radius 3 is 2.04 bits per heavy atom. The van der Waals surface area contributed by atoms with Crippen LogP contribution in [0.2, 0.25) is 0 Å². The van der Waals surface area contributed by atoms with Gasteiger partial charge in [-0.25, -0.2) is 0 Å². The maximum absolute atomic E-state index is 12.0. The number of carbonyl (C=O) groups excluding carboxylic acids is 2. The van der Waals surface area contributed by atoms with E-state index in [1.165, 1.54) is 6.92 Å². The van der Waals surface area contributed by atoms with Crippen molar-refractivity contribution in [2.45, 2.75) is 58.2 Å². The number of nitrogens with one attached hydrogen (secondary N) is 2. The second-order valence-electron chi connectivity index (χ2n) is 5.47. The lowest BCUT2D eigenvalue weighted by Gasteiger charge is -2.23. The van der Waals surface area contributed by atoms with Crippen LogP contribution in [0, 0.1) is 5.92 Å². The summed E-state index contributed by atoms with van der Waals surface area (Å²) in [4.78, 5) is 45.5. The fourth-order valence-electron chi connectivity index (χ4n) is 1.69. The molecule has 0 spiro atoms. The van der Waals surface area contributed by atoms with E-state index in [0.717, 1.165) is 0 Å². The average Bonchev–Trinajstić information content (AvgIpc) is 2.48. The second-order valence-corrected chi connectivity index (χ2v) is 5.47. The molecule has 2 amide bonds. The summed E-state index contributed by atoms with van der Waals surface area (Å²) in [5, 5.41) is 22.1. The SMILES string of the molecule is CCC(C)C(N)C(=O)NC(CCC(=O)O)C(=O)NC(C)C(=O)O. The summed E-state index contributed by atoms with van der Waals surface area (Å²) < 4.78 is 0. The number of nitrogens with two attached hydrogens (primary N) is 1. The van der Waals surface area contributed by atoms with E-state index in [0.29, 0.717) is 6.42 Å². The molecular formula is C14H25N3O6. The first-order valence-electron chi connectivity index (χ1n) is 7.41. The highest BCUT2D eigenvalue weighted by Gasteiger charge is 2.28. The van der Waals surface area contributed by atoms with Crippen LogP contribution in [0.3, 0.4) is 0 Å². The zero-order valence-corrected chi connectivity index (χ0v) is 13.5. The molecule has 0 aromatic rings. The van der Waals surface area contributed by atoms with Gasteiger partial charge in [-0.15, -0.1) is 0 Å². The molecule has 4 unspecified atom stereocenters. The average molecular weight is 331 g/mol. The quantitative estimate of drug-likeness (QED) is 0.354. The maximum atomic E-state index is 12.0. The van der Waals surface area contributed by atoms with E-state index in [1.54, 1.807) is 6.92 Å². The number of amides is 2. The first-order valence-corrected chi connectivity index (χ1v) is 7.41. The Morgan fingerprint density at radius 2 is 1.61 bits per heavy atom. The van der Waals surface area contributed by atoms with Crippen molar-refractivity contribution in [2.24, 2.45) is 11.7 Å². The van der Waals surface area contributed by atoms with Gasteiger partial charge in [-0.2, -0.15) is 0 Å². The smallest absolute Gasteiger partial charge is 0.325 e. The van der Waals surface area contributed by atoms with Gasteiger partial charge in [-0.3, -0.25) is 19.2 Å². The molecule has 0 aromatic carbocycles. The van der Waals surface area contributed by atoms with Crippen molar-refractivity contribution in [3.63, 3.8) is 0 Å². The molecule has 0 fully saturated rings. The van der Waals surface area contributed by atoms with Crippen LogP contribution >= 0.6 is 0 Å². The van der Waals surface area contributed by atoms with E-state index in [-0.39, 0.29) is 18.8 Å². The fraction of sp³-hybridized carbons (Fsp3) is 0.714. The van der Waals surface area contributed by atoms with Crippen LogP contribution in [0.15, 0.2) is 0 Å². The molecule has 0 aliphatic heterocycles. The minimum absolute atomic E-state index is 0.115. The van der Waals surface area contributed by atoms with E-state index < -0.39 is 41.9 Å². The molecule has 0 radical (unpaired) electrons. The third kappa shape index (κ3) is 7.59. The first-order chi connectivity index (χ1) is 10.6. The molecule has 4 atom stereocenters. The Balaban J connectivity index is 4.92. The zero-order chi connectivity index (χ0) is 18.2. The molecule has 0 aliphatic rings. The molecule has 9 nitrogen and oxygen atoms in total. The van der Waals surface area contributed by atoms with Crippen molar-refractivity contribution in [3.8, 4) is 0 Å². The first kappa shape index (κ1) is 20.8. The molecule has 9 heteroatoms. The van der Waals surface area contributed by atoms with E-state index in [9.17, 15) is 19.2 Å². The third-order valence-electron chi connectivity index (χ3n) is 3.57. The molecule has 0 aliphatic carbocycles. The molecule has 0 rings (SSSR count). The van der Waals surface area contributed by atoms with Crippen LogP contribution in [0.5, 0.6) is 0 Å². The number of rotatable bonds is 10. The van der Waals surface area contributed by atoms with Crippen molar-refractivity contribution in [3.05, 3.63) is 0 Å². The minimum atomic E-state index is -1.24. The lowest BCUT2D eigenvalue weighted by molar-refractivity contribution is -0.142. The number of carboxylic acids is 2. The summed E-state index contributed by atoms with van der Waals surface area (Å²) in [6, 6.07) is -3.15. The Hall–Kier alpha value is -2.16. The van der Waals surface area contributed by atoms with Gasteiger partial charge < -0.3 is 26.6 Å². The molecule has 0 aromatic heterocycles. The summed E-state index contributed by atoms with van der Waals surface area (Å²) in [7, 11) is 0. The van der Waals surface area contributed by atoms with Gasteiger partial charge >= 0.3 is 11.9 Å². The molecule has 0 saturated carbocycles. The summed E-state index contributed by atoms with van der Waals surface area (Å²) in [5.74, 6) is -3.82. The fourth-order valence-corrected chi connectivity index (χ4v) is 1.69. The lowest BCUT2D eigenvalue weighted by atomic mass is 9.98. The number of hydrogen-bond donors (Lipinski definition) is 5. The van der Waals surface area contributed by atoms with Crippen molar-refractivity contribution in [2.75, 3.05) is 0 Å². The Bertz CT molecular complexity index is 454. The molecule has 6 N–H and O–H groups in total. The van der Waals surface area contributed by atoms with Crippen LogP contribution in [0.4, 0.5) is 0 Å². The van der Waals surface area contributed by atoms with Gasteiger partial charge in [0, 0.05) is 6.42 Å². The summed E-state index contributed by atoms with van der Waals surface area (Å²) in [5.41, 5.74) is 5.77. The molecular weight excluding hydrogens is 306 g/mol. The summed E-state index contributed by atoms with van der Waals surface area (Å²) >= 11 is 0. The van der Waals surface area contributed by atoms with E-state index in [2.05, 4.69) is 10.6 Å². The van der Waals surface area contributed by atoms with Crippen LogP contribution in [0.1, 0.15) is 40.0 Å². The number of carboxylic acid groups (broad SMARTS) is 2. The highest BCUT2D eigenvalue weighted by atomic mass is 16.4. The standard InChI is InChI=1S/C14H25N3O6/c1-4-7(2)11(15)13(21)17-9(5-6-10(18)19)12(20)16-8(3)14(22)23/h7-9,11H,4-6,15H2,1-3H3,(H,16,20)(H,17,21)(H,18,19)(H,22,23). The van der Waals surface area contributed by atoms with Crippen molar-refractivity contribution in [1.29, 1.82) is 0 Å². The second kappa shape index (κ2) is 9.78. The van der Waals surface area contributed by atoms with Crippen LogP contribution in [-0.2, 0) is 19.2 Å². The van der Waals surface area contributed by atoms with Crippen molar-refractivity contribution >= 4 is 23.8 Å². The number of aliphatic carboxylic acids is 2. The van der Waals surface area contributed by atoms with Crippen LogP contribution in [0.25, 0.3) is 0 Å². The van der Waals surface area contributed by atoms with E-state index in [4.69, 9.17) is 15.9 Å². The van der Waals surface area contributed by atoms with Crippen molar-refractivity contribution < 1.29 is 29.4 Å². The number of hydrogen-bond acceptors (Lipinski definition) is 5. The Morgan fingerprint density at radius 1 is 1.04 bits per heavy atom. The topological polar surface area (TPSA) is 159 Å². The van der Waals surface area contributed by atoms with Gasteiger partial charge in [0.25, 0.3) is 0 Å². The summed E-state index contributed by atoms with van der Waals surface area (Å²) in [6.07, 6.45) is 0.154. The highest BCUT2D eigenvalue weighted by Crippen LogP contribution is 2.07. The van der Waals surface area contributed by atoms with Gasteiger partial charge in [0.05, 0.1) is 6.04 Å². The summed E-state index contributed by atoms with van der Waals surface area (Å²) in [6.45, 7) is 4.91. The van der Waals surface area contributed by atoms with Crippen LogP contribution < -0.4 is 16.4 Å². The van der Waals surface area contributed by atoms with E-state index in [1.807, 2.05) is 6.92 Å². The monoisotopic (exact) mass is 331 g/mol. The van der Waals surface area contributed by atoms with Gasteiger partial charge in [0.15, 0.2) is 0 Å². The highest BCUT2D eigenvalue weighted by molar-refractivity contribution is 5.92. The van der Waals surface area contributed by atoms with Gasteiger partial charge in [-0.05, 0) is 19.3 Å². The van der Waals surface area contributed by atoms with Gasteiger partial charge in [0.1, 0.15) is 12.1 Å². The molecule has 0 saturated heterocycles. The van der Waals surface area contributed by atoms with Crippen molar-refractivity contribution in [1.82, 2.24) is 10.6 Å². The third-order valence-corrected chi connectivity index (χ3v) is 3.57. The minimum Gasteiger partial charge on any atom is -0.481 e. The normalized spacial score (nSPS) is 15.8. The maximum Gasteiger partial charge on any atom is 0.325 e. The zero-order valence-electron chi connectivity index (χ0n) is 13.5. The van der Waals surface area contributed by atoms with E-state index >= 15 is 0 Å². The van der Waals surface area contributed by atoms with Gasteiger partial charge in [0.2, 0.25) is 11.8 Å². The Kier molecular flexibility index (Phi) is 8.86. The largest absolute Gasteiger partial charge is 0.481 e. The molecule has 0 bridgehead atoms. The molecule has 23 heavy (non-hydrogen) atoms. The molecule has 0 heterocycles. The predicted molar refractivity (Wildman–Crippen MR) is 81.5 cm³/mol. The Labute approximate surface area is 134 Å². The number of carbonyl (C=O) groups is 4. The lowest BCUT2D eigenvalue weighted by Crippen LogP contribution is -2.55. The van der Waals surface area contributed by atoms with Crippen LogP contribution in [-0.4, -0.2) is 52.1 Å². The predicted octanol–water partition coefficient (Wildman–Crippen LogP) is -0.701.